The molecule has 4 nitrogen and oxygen atoms in total. The van der Waals surface area contributed by atoms with Crippen molar-refractivity contribution in [2.24, 2.45) is 0 Å². The van der Waals surface area contributed by atoms with Crippen LogP contribution in [0.15, 0.2) is 24.3 Å². The highest BCUT2D eigenvalue weighted by Crippen LogP contribution is 2.34. The summed E-state index contributed by atoms with van der Waals surface area (Å²) in [7, 11) is 4.26. The third-order valence-electron chi connectivity index (χ3n) is 4.67. The molecular weight excluding hydrogens is 250 g/mol. The lowest BCUT2D eigenvalue weighted by atomic mass is 9.93. The Labute approximate surface area is 121 Å². The van der Waals surface area contributed by atoms with Gasteiger partial charge in [0.05, 0.1) is 12.1 Å². The highest BCUT2D eigenvalue weighted by molar-refractivity contribution is 5.38. The van der Waals surface area contributed by atoms with Gasteiger partial charge in [0, 0.05) is 31.2 Å². The Morgan fingerprint density at radius 3 is 2.80 bits per heavy atom. The van der Waals surface area contributed by atoms with Crippen LogP contribution in [0.5, 0.6) is 5.75 Å². The smallest absolute Gasteiger partial charge is 0.124 e. The predicted octanol–water partition coefficient (Wildman–Crippen LogP) is 1.34. The topological polar surface area (TPSA) is 27.7 Å². The summed E-state index contributed by atoms with van der Waals surface area (Å²) in [6.07, 6.45) is 0. The molecule has 0 aromatic heterocycles. The maximum absolute atomic E-state index is 6.00. The minimum atomic E-state index is 0.353. The summed E-state index contributed by atoms with van der Waals surface area (Å²) in [5.41, 5.74) is 1.29. The lowest BCUT2D eigenvalue weighted by Gasteiger charge is -2.47. The molecule has 3 rings (SSSR count). The van der Waals surface area contributed by atoms with Crippen molar-refractivity contribution in [3.63, 3.8) is 0 Å². The van der Waals surface area contributed by atoms with E-state index < -0.39 is 0 Å². The monoisotopic (exact) mass is 275 g/mol. The Morgan fingerprint density at radius 2 is 2.05 bits per heavy atom. The molecule has 1 aromatic rings. The van der Waals surface area contributed by atoms with Crippen LogP contribution in [0, 0.1) is 0 Å². The van der Waals surface area contributed by atoms with Gasteiger partial charge in [-0.3, -0.25) is 4.90 Å². The first kappa shape index (κ1) is 13.9. The first-order chi connectivity index (χ1) is 9.70. The van der Waals surface area contributed by atoms with Gasteiger partial charge in [-0.15, -0.1) is 0 Å². The van der Waals surface area contributed by atoms with E-state index in [1.807, 2.05) is 6.07 Å². The molecule has 0 saturated carbocycles. The van der Waals surface area contributed by atoms with Gasteiger partial charge in [0.15, 0.2) is 0 Å². The number of benzene rings is 1. The number of nitrogens with zero attached hydrogens (tertiary/aromatic N) is 2. The summed E-state index contributed by atoms with van der Waals surface area (Å²) in [6, 6.07) is 9.74. The molecule has 0 spiro atoms. The van der Waals surface area contributed by atoms with Crippen LogP contribution in [0.1, 0.15) is 18.5 Å². The first-order valence-corrected chi connectivity index (χ1v) is 7.54. The van der Waals surface area contributed by atoms with E-state index >= 15 is 0 Å². The second-order valence-corrected chi connectivity index (χ2v) is 6.03. The molecule has 1 aromatic carbocycles. The average molecular weight is 275 g/mol. The molecule has 3 unspecified atom stereocenters. The molecule has 0 aliphatic carbocycles. The molecule has 20 heavy (non-hydrogen) atoms. The molecule has 110 valence electrons. The molecule has 1 fully saturated rings. The van der Waals surface area contributed by atoms with Gasteiger partial charge >= 0.3 is 0 Å². The average Bonchev–Trinajstić information content (AvgIpc) is 2.46. The molecule has 2 heterocycles. The fourth-order valence-corrected chi connectivity index (χ4v) is 3.63. The summed E-state index contributed by atoms with van der Waals surface area (Å²) < 4.78 is 6.00. The zero-order valence-electron chi connectivity index (χ0n) is 12.7. The van der Waals surface area contributed by atoms with E-state index in [1.54, 1.807) is 0 Å². The summed E-state index contributed by atoms with van der Waals surface area (Å²) >= 11 is 0. The molecule has 2 aliphatic rings. The second kappa shape index (κ2) is 5.72. The number of rotatable bonds is 2. The fourth-order valence-electron chi connectivity index (χ4n) is 3.63. The predicted molar refractivity (Wildman–Crippen MR) is 81.2 cm³/mol. The van der Waals surface area contributed by atoms with E-state index in [0.717, 1.165) is 32.0 Å². The SMILES string of the molecule is CNC1c2ccccc2OCC1N1CCN(C)CC1C. The Balaban J connectivity index is 1.84. The van der Waals surface area contributed by atoms with E-state index in [-0.39, 0.29) is 0 Å². The van der Waals surface area contributed by atoms with E-state index in [2.05, 4.69) is 54.3 Å². The molecular formula is C16H25N3O. The molecule has 2 aliphatic heterocycles. The molecule has 0 radical (unpaired) electrons. The highest BCUT2D eigenvalue weighted by Gasteiger charge is 2.37. The molecule has 1 N–H and O–H groups in total. The Morgan fingerprint density at radius 1 is 1.25 bits per heavy atom. The highest BCUT2D eigenvalue weighted by atomic mass is 16.5. The third kappa shape index (κ3) is 2.43. The van der Waals surface area contributed by atoms with Crippen LogP contribution in [0.3, 0.4) is 0 Å². The fraction of sp³-hybridized carbons (Fsp3) is 0.625. The number of likely N-dealkylation sites (N-methyl/N-ethyl adjacent to an activating group) is 2. The summed E-state index contributed by atoms with van der Waals surface area (Å²) in [6.45, 7) is 6.49. The van der Waals surface area contributed by atoms with Gasteiger partial charge in [-0.1, -0.05) is 18.2 Å². The second-order valence-electron chi connectivity index (χ2n) is 6.03. The maximum Gasteiger partial charge on any atom is 0.124 e. The summed E-state index contributed by atoms with van der Waals surface area (Å²) in [5.74, 6) is 1.03. The van der Waals surface area contributed by atoms with Crippen molar-refractivity contribution in [3.05, 3.63) is 29.8 Å². The number of hydrogen-bond donors (Lipinski definition) is 1. The van der Waals surface area contributed by atoms with Crippen molar-refractivity contribution in [1.82, 2.24) is 15.1 Å². The van der Waals surface area contributed by atoms with E-state index in [0.29, 0.717) is 18.1 Å². The van der Waals surface area contributed by atoms with Crippen molar-refractivity contribution in [3.8, 4) is 5.75 Å². The first-order valence-electron chi connectivity index (χ1n) is 7.54. The maximum atomic E-state index is 6.00. The van der Waals surface area contributed by atoms with E-state index in [1.165, 1.54) is 5.56 Å². The standard InChI is InChI=1S/C16H25N3O/c1-12-10-18(3)8-9-19(12)14-11-20-15-7-5-4-6-13(15)16(14)17-2/h4-7,12,14,16-17H,8-11H2,1-3H3. The minimum Gasteiger partial charge on any atom is -0.492 e. The number of para-hydroxylation sites is 1. The van der Waals surface area contributed by atoms with Gasteiger partial charge in [0.2, 0.25) is 0 Å². The van der Waals surface area contributed by atoms with Gasteiger partial charge in [-0.05, 0) is 27.1 Å². The molecule has 0 bridgehead atoms. The molecule has 1 saturated heterocycles. The number of hydrogen-bond acceptors (Lipinski definition) is 4. The van der Waals surface area contributed by atoms with E-state index in [9.17, 15) is 0 Å². The van der Waals surface area contributed by atoms with Crippen LogP contribution in [-0.2, 0) is 0 Å². The minimum absolute atomic E-state index is 0.353. The van der Waals surface area contributed by atoms with Crippen LogP contribution in [0.25, 0.3) is 0 Å². The van der Waals surface area contributed by atoms with Crippen LogP contribution in [0.4, 0.5) is 0 Å². The Bertz CT molecular complexity index is 465. The molecule has 0 amide bonds. The lowest BCUT2D eigenvalue weighted by Crippen LogP contribution is -2.59. The van der Waals surface area contributed by atoms with Crippen LogP contribution in [-0.4, -0.2) is 62.2 Å². The largest absolute Gasteiger partial charge is 0.492 e. The van der Waals surface area contributed by atoms with Crippen molar-refractivity contribution < 1.29 is 4.74 Å². The number of piperazine rings is 1. The van der Waals surface area contributed by atoms with Crippen molar-refractivity contribution >= 4 is 0 Å². The summed E-state index contributed by atoms with van der Waals surface area (Å²) in [5, 5.41) is 3.50. The van der Waals surface area contributed by atoms with Gasteiger partial charge in [-0.2, -0.15) is 0 Å². The molecule has 4 heteroatoms. The normalized spacial score (nSPS) is 31.6. The van der Waals surface area contributed by atoms with Crippen molar-refractivity contribution in [1.29, 1.82) is 0 Å². The van der Waals surface area contributed by atoms with Gasteiger partial charge < -0.3 is 15.0 Å². The lowest BCUT2D eigenvalue weighted by molar-refractivity contribution is 0.0152. The Kier molecular flexibility index (Phi) is 3.96. The van der Waals surface area contributed by atoms with Crippen molar-refractivity contribution in [2.75, 3.05) is 40.3 Å². The van der Waals surface area contributed by atoms with Gasteiger partial charge in [-0.25, -0.2) is 0 Å². The zero-order chi connectivity index (χ0) is 14.1. The number of ether oxygens (including phenoxy) is 1. The quantitative estimate of drug-likeness (QED) is 0.881. The van der Waals surface area contributed by atoms with Crippen LogP contribution >= 0.6 is 0 Å². The zero-order valence-corrected chi connectivity index (χ0v) is 12.7. The van der Waals surface area contributed by atoms with Gasteiger partial charge in [0.1, 0.15) is 12.4 Å². The van der Waals surface area contributed by atoms with Crippen LogP contribution in [0.2, 0.25) is 0 Å². The number of nitrogens with one attached hydrogen (secondary N) is 1. The Hall–Kier alpha value is -1.10. The number of fused-ring (bicyclic) bond motifs is 1. The third-order valence-corrected chi connectivity index (χ3v) is 4.67. The van der Waals surface area contributed by atoms with E-state index in [4.69, 9.17) is 4.74 Å². The molecule has 3 atom stereocenters. The van der Waals surface area contributed by atoms with Crippen molar-refractivity contribution in [2.45, 2.75) is 25.0 Å². The summed E-state index contributed by atoms with van der Waals surface area (Å²) in [4.78, 5) is 5.02. The van der Waals surface area contributed by atoms with Gasteiger partial charge in [0.25, 0.3) is 0 Å². The van der Waals surface area contributed by atoms with Crippen LogP contribution < -0.4 is 10.1 Å².